The molecule has 0 saturated carbocycles. The number of nitrogens with zero attached hydrogens (tertiary/aromatic N) is 3. The standard InChI is InChI=1S/C14H20N4O2/c1-9(7-12(19)20)16-13-10-8-11(14(2,3)4)17-18(10)6-5-15-13/h5-6,8-9H,7H2,1-4H3,(H,15,16)(H,19,20). The number of nitrogens with one attached hydrogen (secondary N) is 1. The molecule has 20 heavy (non-hydrogen) atoms. The van der Waals surface area contributed by atoms with Crippen LogP contribution in [-0.2, 0) is 10.2 Å². The first-order chi connectivity index (χ1) is 9.27. The largest absolute Gasteiger partial charge is 0.481 e. The highest BCUT2D eigenvalue weighted by atomic mass is 16.4. The van der Waals surface area contributed by atoms with Crippen molar-refractivity contribution >= 4 is 17.3 Å². The Morgan fingerprint density at radius 1 is 1.50 bits per heavy atom. The highest BCUT2D eigenvalue weighted by Crippen LogP contribution is 2.24. The minimum absolute atomic E-state index is 0.0446. The van der Waals surface area contributed by atoms with Gasteiger partial charge in [-0.1, -0.05) is 20.8 Å². The van der Waals surface area contributed by atoms with E-state index in [-0.39, 0.29) is 17.9 Å². The first-order valence-electron chi connectivity index (χ1n) is 6.60. The average Bonchev–Trinajstić information content (AvgIpc) is 2.72. The van der Waals surface area contributed by atoms with Crippen LogP contribution in [0, 0.1) is 0 Å². The van der Waals surface area contributed by atoms with Crippen molar-refractivity contribution in [1.82, 2.24) is 14.6 Å². The lowest BCUT2D eigenvalue weighted by Gasteiger charge is -2.13. The van der Waals surface area contributed by atoms with E-state index in [4.69, 9.17) is 5.11 Å². The van der Waals surface area contributed by atoms with Crippen molar-refractivity contribution in [2.45, 2.75) is 45.6 Å². The summed E-state index contributed by atoms with van der Waals surface area (Å²) in [6, 6.07) is 1.79. The molecule has 2 rings (SSSR count). The van der Waals surface area contributed by atoms with Gasteiger partial charge in [-0.3, -0.25) is 4.79 Å². The number of carboxylic acids is 1. The van der Waals surface area contributed by atoms with Crippen LogP contribution >= 0.6 is 0 Å². The number of hydrogen-bond donors (Lipinski definition) is 2. The minimum atomic E-state index is -0.833. The van der Waals surface area contributed by atoms with E-state index in [1.807, 2.05) is 13.0 Å². The molecule has 0 bridgehead atoms. The maximum atomic E-state index is 10.7. The zero-order chi connectivity index (χ0) is 14.9. The quantitative estimate of drug-likeness (QED) is 0.895. The van der Waals surface area contributed by atoms with Crippen molar-refractivity contribution < 1.29 is 9.90 Å². The predicted octanol–water partition coefficient (Wildman–Crippen LogP) is 2.30. The first-order valence-corrected chi connectivity index (χ1v) is 6.60. The molecule has 0 aliphatic rings. The molecule has 0 aromatic carbocycles. The lowest BCUT2D eigenvalue weighted by atomic mass is 9.92. The number of carbonyl (C=O) groups is 1. The van der Waals surface area contributed by atoms with Gasteiger partial charge in [0.05, 0.1) is 12.1 Å². The molecule has 0 aliphatic heterocycles. The van der Waals surface area contributed by atoms with E-state index in [2.05, 4.69) is 36.2 Å². The maximum absolute atomic E-state index is 10.7. The van der Waals surface area contributed by atoms with E-state index in [1.165, 1.54) is 0 Å². The van der Waals surface area contributed by atoms with Gasteiger partial charge in [0.2, 0.25) is 0 Å². The Balaban J connectivity index is 2.34. The topological polar surface area (TPSA) is 79.5 Å². The Labute approximate surface area is 117 Å². The molecule has 0 saturated heterocycles. The SMILES string of the molecule is CC(CC(=O)O)Nc1nccn2nc(C(C)(C)C)cc12. The molecule has 6 heteroatoms. The fraction of sp³-hybridized carbons (Fsp3) is 0.500. The second-order valence-corrected chi connectivity index (χ2v) is 6.03. The summed E-state index contributed by atoms with van der Waals surface area (Å²) in [5.41, 5.74) is 1.78. The Hall–Kier alpha value is -2.11. The second kappa shape index (κ2) is 5.11. The zero-order valence-electron chi connectivity index (χ0n) is 12.2. The summed E-state index contributed by atoms with van der Waals surface area (Å²) in [6.07, 6.45) is 3.49. The van der Waals surface area contributed by atoms with Crippen molar-refractivity contribution in [3.63, 3.8) is 0 Å². The Kier molecular flexibility index (Phi) is 3.65. The summed E-state index contributed by atoms with van der Waals surface area (Å²) in [7, 11) is 0. The molecule has 0 spiro atoms. The Morgan fingerprint density at radius 2 is 2.20 bits per heavy atom. The van der Waals surface area contributed by atoms with Crippen LogP contribution in [0.4, 0.5) is 5.82 Å². The fourth-order valence-electron chi connectivity index (χ4n) is 1.95. The van der Waals surface area contributed by atoms with E-state index in [1.54, 1.807) is 16.9 Å². The van der Waals surface area contributed by atoms with Crippen molar-refractivity contribution in [2.75, 3.05) is 5.32 Å². The van der Waals surface area contributed by atoms with Crippen LogP contribution in [0.1, 0.15) is 39.8 Å². The lowest BCUT2D eigenvalue weighted by Crippen LogP contribution is -2.20. The van der Waals surface area contributed by atoms with Gasteiger partial charge in [-0.2, -0.15) is 5.10 Å². The average molecular weight is 276 g/mol. The molecule has 2 heterocycles. The molecule has 0 radical (unpaired) electrons. The van der Waals surface area contributed by atoms with Crippen LogP contribution < -0.4 is 5.32 Å². The molecule has 1 atom stereocenters. The van der Waals surface area contributed by atoms with Gasteiger partial charge >= 0.3 is 5.97 Å². The van der Waals surface area contributed by atoms with Crippen molar-refractivity contribution in [1.29, 1.82) is 0 Å². The Bertz CT molecular complexity index is 628. The molecule has 108 valence electrons. The van der Waals surface area contributed by atoms with Crippen molar-refractivity contribution in [3.05, 3.63) is 24.2 Å². The van der Waals surface area contributed by atoms with Gasteiger partial charge in [-0.25, -0.2) is 9.50 Å². The van der Waals surface area contributed by atoms with Gasteiger partial charge in [0.1, 0.15) is 5.52 Å². The summed E-state index contributed by atoms with van der Waals surface area (Å²) >= 11 is 0. The second-order valence-electron chi connectivity index (χ2n) is 6.03. The van der Waals surface area contributed by atoms with Gasteiger partial charge in [-0.05, 0) is 13.0 Å². The molecule has 2 N–H and O–H groups in total. The molecular weight excluding hydrogens is 256 g/mol. The summed E-state index contributed by atoms with van der Waals surface area (Å²) in [5.74, 6) is -0.176. The molecule has 2 aromatic heterocycles. The number of anilines is 1. The number of hydrogen-bond acceptors (Lipinski definition) is 4. The van der Waals surface area contributed by atoms with E-state index in [9.17, 15) is 4.79 Å². The van der Waals surface area contributed by atoms with E-state index < -0.39 is 5.97 Å². The molecule has 2 aromatic rings. The fourth-order valence-corrected chi connectivity index (χ4v) is 1.95. The number of aromatic nitrogens is 3. The molecular formula is C14H20N4O2. The third-order valence-electron chi connectivity index (χ3n) is 3.02. The van der Waals surface area contributed by atoms with Crippen LogP contribution in [0.25, 0.3) is 5.52 Å². The van der Waals surface area contributed by atoms with Gasteiger partial charge in [0, 0.05) is 23.9 Å². The van der Waals surface area contributed by atoms with E-state index >= 15 is 0 Å². The predicted molar refractivity (Wildman–Crippen MR) is 77.0 cm³/mol. The summed E-state index contributed by atoms with van der Waals surface area (Å²) < 4.78 is 1.77. The normalized spacial score (nSPS) is 13.4. The van der Waals surface area contributed by atoms with Gasteiger partial charge < -0.3 is 10.4 Å². The zero-order valence-corrected chi connectivity index (χ0v) is 12.2. The molecule has 1 unspecified atom stereocenters. The summed E-state index contributed by atoms with van der Waals surface area (Å²) in [5, 5.41) is 16.5. The number of carboxylic acid groups (broad SMARTS) is 1. The third kappa shape index (κ3) is 3.07. The van der Waals surface area contributed by atoms with Gasteiger partial charge in [-0.15, -0.1) is 0 Å². The van der Waals surface area contributed by atoms with Gasteiger partial charge in [0.15, 0.2) is 5.82 Å². The number of rotatable bonds is 4. The van der Waals surface area contributed by atoms with Crippen molar-refractivity contribution in [3.8, 4) is 0 Å². The smallest absolute Gasteiger partial charge is 0.305 e. The molecule has 0 amide bonds. The highest BCUT2D eigenvalue weighted by Gasteiger charge is 2.19. The number of aliphatic carboxylic acids is 1. The third-order valence-corrected chi connectivity index (χ3v) is 3.02. The monoisotopic (exact) mass is 276 g/mol. The summed E-state index contributed by atoms with van der Waals surface area (Å²) in [6.45, 7) is 8.12. The van der Waals surface area contributed by atoms with Crippen LogP contribution in [0.5, 0.6) is 0 Å². The highest BCUT2D eigenvalue weighted by molar-refractivity contribution is 5.71. The lowest BCUT2D eigenvalue weighted by molar-refractivity contribution is -0.137. The van der Waals surface area contributed by atoms with Crippen LogP contribution in [0.3, 0.4) is 0 Å². The Morgan fingerprint density at radius 3 is 2.80 bits per heavy atom. The maximum Gasteiger partial charge on any atom is 0.305 e. The van der Waals surface area contributed by atoms with E-state index in [0.29, 0.717) is 5.82 Å². The van der Waals surface area contributed by atoms with Crippen LogP contribution in [-0.4, -0.2) is 31.7 Å². The van der Waals surface area contributed by atoms with Gasteiger partial charge in [0.25, 0.3) is 0 Å². The summed E-state index contributed by atoms with van der Waals surface area (Å²) in [4.78, 5) is 15.0. The van der Waals surface area contributed by atoms with Crippen molar-refractivity contribution in [2.24, 2.45) is 0 Å². The molecule has 0 fully saturated rings. The first kappa shape index (κ1) is 14.3. The number of fused-ring (bicyclic) bond motifs is 1. The van der Waals surface area contributed by atoms with E-state index in [0.717, 1.165) is 11.2 Å². The van der Waals surface area contributed by atoms with Crippen LogP contribution in [0.2, 0.25) is 0 Å². The minimum Gasteiger partial charge on any atom is -0.481 e. The molecule has 0 aliphatic carbocycles. The molecule has 6 nitrogen and oxygen atoms in total. The van der Waals surface area contributed by atoms with Crippen LogP contribution in [0.15, 0.2) is 18.5 Å².